The number of nitrogens with one attached hydrogen (secondary N) is 1. The summed E-state index contributed by atoms with van der Waals surface area (Å²) in [5.41, 5.74) is 4.28. The van der Waals surface area contributed by atoms with Crippen molar-refractivity contribution >= 4 is 23.6 Å². The number of hydrogen-bond acceptors (Lipinski definition) is 4. The van der Waals surface area contributed by atoms with Gasteiger partial charge in [-0.3, -0.25) is 9.59 Å². The molecule has 1 atom stereocenters. The normalized spacial score (nSPS) is 16.4. The molecular formula is C26H33NO3S. The molecular weight excluding hydrogens is 406 g/mol. The number of carbonyl (C=O) groups is 2. The van der Waals surface area contributed by atoms with Gasteiger partial charge in [-0.2, -0.15) is 0 Å². The van der Waals surface area contributed by atoms with Crippen LogP contribution in [-0.4, -0.2) is 28.3 Å². The largest absolute Gasteiger partial charge is 0.459 e. The lowest BCUT2D eigenvalue weighted by molar-refractivity contribution is -0.156. The molecule has 0 saturated carbocycles. The minimum absolute atomic E-state index is 0.0167. The summed E-state index contributed by atoms with van der Waals surface area (Å²) in [4.78, 5) is 25.5. The van der Waals surface area contributed by atoms with Crippen molar-refractivity contribution in [3.63, 3.8) is 0 Å². The zero-order chi connectivity index (χ0) is 22.8. The molecule has 0 fully saturated rings. The van der Waals surface area contributed by atoms with Crippen LogP contribution < -0.4 is 5.32 Å². The van der Waals surface area contributed by atoms with E-state index >= 15 is 0 Å². The highest BCUT2D eigenvalue weighted by Gasteiger charge is 2.35. The van der Waals surface area contributed by atoms with Gasteiger partial charge in [0.1, 0.15) is 10.3 Å². The van der Waals surface area contributed by atoms with Gasteiger partial charge in [0, 0.05) is 17.9 Å². The number of thioether (sulfide) groups is 1. The number of benzene rings is 2. The first kappa shape index (κ1) is 23.4. The third-order valence-electron chi connectivity index (χ3n) is 5.28. The smallest absolute Gasteiger partial charge is 0.322 e. The van der Waals surface area contributed by atoms with E-state index in [1.807, 2.05) is 52.8 Å². The van der Waals surface area contributed by atoms with Gasteiger partial charge in [-0.05, 0) is 88.3 Å². The first-order chi connectivity index (χ1) is 14.4. The Morgan fingerprint density at radius 3 is 2.32 bits per heavy atom. The van der Waals surface area contributed by atoms with Gasteiger partial charge in [0.15, 0.2) is 0 Å². The van der Waals surface area contributed by atoms with Gasteiger partial charge in [-0.1, -0.05) is 30.3 Å². The van der Waals surface area contributed by atoms with Crippen molar-refractivity contribution in [3.8, 4) is 11.1 Å². The van der Waals surface area contributed by atoms with Crippen LogP contribution in [0.25, 0.3) is 11.1 Å². The highest BCUT2D eigenvalue weighted by atomic mass is 32.2. The molecule has 0 spiro atoms. The Kier molecular flexibility index (Phi) is 6.85. The molecule has 166 valence electrons. The van der Waals surface area contributed by atoms with Gasteiger partial charge in [-0.15, -0.1) is 11.8 Å². The molecule has 2 aromatic carbocycles. The minimum Gasteiger partial charge on any atom is -0.459 e. The second kappa shape index (κ2) is 9.07. The first-order valence-electron chi connectivity index (χ1n) is 10.9. The topological polar surface area (TPSA) is 55.4 Å². The highest BCUT2D eigenvalue weighted by Crippen LogP contribution is 2.42. The van der Waals surface area contributed by atoms with E-state index in [4.69, 9.17) is 4.74 Å². The molecule has 0 saturated heterocycles. The summed E-state index contributed by atoms with van der Waals surface area (Å²) < 4.78 is 4.96. The van der Waals surface area contributed by atoms with Gasteiger partial charge in [0.05, 0.1) is 0 Å². The molecule has 0 bridgehead atoms. The molecule has 5 heteroatoms. The molecule has 31 heavy (non-hydrogen) atoms. The summed E-state index contributed by atoms with van der Waals surface area (Å²) in [5.74, 6) is -0.199. The average Bonchev–Trinajstić information content (AvgIpc) is 2.66. The van der Waals surface area contributed by atoms with Crippen LogP contribution in [0.3, 0.4) is 0 Å². The summed E-state index contributed by atoms with van der Waals surface area (Å²) in [6.45, 7) is 11.1. The van der Waals surface area contributed by atoms with Crippen molar-refractivity contribution < 1.29 is 14.3 Å². The lowest BCUT2D eigenvalue weighted by Crippen LogP contribution is -2.37. The Hall–Kier alpha value is -2.27. The lowest BCUT2D eigenvalue weighted by atomic mass is 9.86. The molecule has 1 unspecified atom stereocenters. The van der Waals surface area contributed by atoms with Crippen molar-refractivity contribution in [1.29, 1.82) is 0 Å². The highest BCUT2D eigenvalue weighted by molar-refractivity contribution is 8.01. The second-order valence-corrected chi connectivity index (χ2v) is 11.4. The fourth-order valence-electron chi connectivity index (χ4n) is 3.84. The van der Waals surface area contributed by atoms with Crippen molar-refractivity contribution in [2.24, 2.45) is 0 Å². The van der Waals surface area contributed by atoms with E-state index in [1.54, 1.807) is 18.7 Å². The maximum absolute atomic E-state index is 12.9. The molecule has 1 aliphatic carbocycles. The molecule has 0 radical (unpaired) electrons. The molecule has 2 aromatic rings. The van der Waals surface area contributed by atoms with Crippen LogP contribution in [0.2, 0.25) is 0 Å². The Labute approximate surface area is 190 Å². The monoisotopic (exact) mass is 439 g/mol. The SMILES string of the molecule is CC(=O)NC1CCc2cc(SC(C)(C)C(=O)OC(C)(C)C)c(-c3ccccc3)cc2C1. The van der Waals surface area contributed by atoms with E-state index in [1.165, 1.54) is 11.1 Å². The number of fused-ring (bicyclic) bond motifs is 1. The Morgan fingerprint density at radius 1 is 1.03 bits per heavy atom. The van der Waals surface area contributed by atoms with Crippen molar-refractivity contribution in [2.45, 2.75) is 82.1 Å². The summed E-state index contributed by atoms with van der Waals surface area (Å²) in [5, 5.41) is 3.07. The Bertz CT molecular complexity index is 961. The number of aryl methyl sites for hydroxylation is 1. The number of amides is 1. The number of hydrogen-bond donors (Lipinski definition) is 1. The predicted molar refractivity (Wildman–Crippen MR) is 127 cm³/mol. The van der Waals surface area contributed by atoms with Crippen LogP contribution >= 0.6 is 11.8 Å². The Morgan fingerprint density at radius 2 is 1.71 bits per heavy atom. The maximum Gasteiger partial charge on any atom is 0.322 e. The van der Waals surface area contributed by atoms with Crippen LogP contribution in [0.5, 0.6) is 0 Å². The lowest BCUT2D eigenvalue weighted by Gasteiger charge is -2.30. The van der Waals surface area contributed by atoms with Crippen LogP contribution in [0.1, 0.15) is 59.1 Å². The summed E-state index contributed by atoms with van der Waals surface area (Å²) in [6.07, 6.45) is 2.67. The second-order valence-electron chi connectivity index (χ2n) is 9.74. The fraction of sp³-hybridized carbons (Fsp3) is 0.462. The van der Waals surface area contributed by atoms with Crippen molar-refractivity contribution in [2.75, 3.05) is 0 Å². The standard InChI is InChI=1S/C26H33NO3S/c1-17(28)27-21-13-12-19-16-23(31-26(5,6)24(29)30-25(2,3)4)22(15-20(19)14-21)18-10-8-7-9-11-18/h7-11,15-16,21H,12-14H2,1-6H3,(H,27,28). The molecule has 3 rings (SSSR count). The number of carbonyl (C=O) groups excluding carboxylic acids is 2. The van der Waals surface area contributed by atoms with Gasteiger partial charge in [0.25, 0.3) is 0 Å². The van der Waals surface area contributed by atoms with Gasteiger partial charge in [0.2, 0.25) is 5.91 Å². The van der Waals surface area contributed by atoms with Crippen LogP contribution in [0.15, 0.2) is 47.4 Å². The van der Waals surface area contributed by atoms with E-state index in [0.717, 1.165) is 35.3 Å². The zero-order valence-corrected chi connectivity index (χ0v) is 20.2. The zero-order valence-electron chi connectivity index (χ0n) is 19.4. The minimum atomic E-state index is -0.724. The number of ether oxygens (including phenoxy) is 1. The van der Waals surface area contributed by atoms with Gasteiger partial charge >= 0.3 is 5.97 Å². The molecule has 0 aliphatic heterocycles. The van der Waals surface area contributed by atoms with Crippen LogP contribution in [-0.2, 0) is 27.2 Å². The summed E-state index contributed by atoms with van der Waals surface area (Å²) in [6, 6.07) is 14.9. The predicted octanol–water partition coefficient (Wildman–Crippen LogP) is 5.56. The van der Waals surface area contributed by atoms with E-state index in [-0.39, 0.29) is 17.9 Å². The molecule has 4 nitrogen and oxygen atoms in total. The van der Waals surface area contributed by atoms with Crippen LogP contribution in [0.4, 0.5) is 0 Å². The van der Waals surface area contributed by atoms with Crippen molar-refractivity contribution in [1.82, 2.24) is 5.32 Å². The van der Waals surface area contributed by atoms with E-state index in [2.05, 4.69) is 29.6 Å². The van der Waals surface area contributed by atoms with Crippen molar-refractivity contribution in [3.05, 3.63) is 53.6 Å². The van der Waals surface area contributed by atoms with E-state index < -0.39 is 10.3 Å². The van der Waals surface area contributed by atoms with Gasteiger partial charge in [-0.25, -0.2) is 0 Å². The summed E-state index contributed by atoms with van der Waals surface area (Å²) in [7, 11) is 0. The fourth-order valence-corrected chi connectivity index (χ4v) is 5.01. The number of esters is 1. The Balaban J connectivity index is 1.98. The molecule has 1 aliphatic rings. The molecule has 1 N–H and O–H groups in total. The average molecular weight is 440 g/mol. The molecule has 0 aromatic heterocycles. The number of rotatable bonds is 5. The van der Waals surface area contributed by atoms with Gasteiger partial charge < -0.3 is 10.1 Å². The summed E-state index contributed by atoms with van der Waals surface area (Å²) >= 11 is 1.56. The molecule has 1 amide bonds. The first-order valence-corrected chi connectivity index (χ1v) is 11.7. The third-order valence-corrected chi connectivity index (χ3v) is 6.51. The maximum atomic E-state index is 12.9. The molecule has 0 heterocycles. The third kappa shape index (κ3) is 6.13. The van der Waals surface area contributed by atoms with E-state index in [9.17, 15) is 9.59 Å². The van der Waals surface area contributed by atoms with E-state index in [0.29, 0.717) is 0 Å². The quantitative estimate of drug-likeness (QED) is 0.489. The van der Waals surface area contributed by atoms with Crippen LogP contribution in [0, 0.1) is 0 Å².